The van der Waals surface area contributed by atoms with Crippen LogP contribution < -0.4 is 10.6 Å². The van der Waals surface area contributed by atoms with Crippen molar-refractivity contribution in [3.8, 4) is 0 Å². The maximum Gasteiger partial charge on any atom is 0.315 e. The molecule has 0 bridgehead atoms. The molecular formula is C19H27N3O2. The Hall–Kier alpha value is -2.04. The maximum absolute atomic E-state index is 12.2. The van der Waals surface area contributed by atoms with Gasteiger partial charge in [-0.2, -0.15) is 0 Å². The highest BCUT2D eigenvalue weighted by molar-refractivity contribution is 5.79. The Morgan fingerprint density at radius 2 is 2.08 bits per heavy atom. The lowest BCUT2D eigenvalue weighted by Crippen LogP contribution is -2.40. The van der Waals surface area contributed by atoms with Crippen LogP contribution in [0.4, 0.5) is 4.79 Å². The van der Waals surface area contributed by atoms with Gasteiger partial charge in [0.2, 0.25) is 5.91 Å². The molecule has 2 aliphatic rings. The van der Waals surface area contributed by atoms with Gasteiger partial charge in [-0.05, 0) is 50.3 Å². The van der Waals surface area contributed by atoms with E-state index in [4.69, 9.17) is 0 Å². The minimum absolute atomic E-state index is 0.0435. The Bertz CT molecular complexity index is 639. The van der Waals surface area contributed by atoms with Gasteiger partial charge in [-0.15, -0.1) is 0 Å². The number of carbonyl (C=O) groups excluding carboxylic acids is 2. The molecule has 0 aromatic heterocycles. The van der Waals surface area contributed by atoms with E-state index in [2.05, 4.69) is 36.6 Å². The Balaban J connectivity index is 1.47. The third-order valence-corrected chi connectivity index (χ3v) is 5.24. The first kappa shape index (κ1) is 16.8. The first-order valence-corrected chi connectivity index (χ1v) is 8.85. The topological polar surface area (TPSA) is 61.4 Å². The van der Waals surface area contributed by atoms with Crippen molar-refractivity contribution in [3.63, 3.8) is 0 Å². The first-order valence-electron chi connectivity index (χ1n) is 8.85. The van der Waals surface area contributed by atoms with E-state index in [1.165, 1.54) is 11.1 Å². The molecule has 5 heteroatoms. The number of rotatable bonds is 5. The number of hydrogen-bond donors (Lipinski definition) is 2. The van der Waals surface area contributed by atoms with Crippen LogP contribution in [0.25, 0.3) is 0 Å². The number of aryl methyl sites for hydroxylation is 1. The van der Waals surface area contributed by atoms with Crippen molar-refractivity contribution in [2.45, 2.75) is 52.1 Å². The van der Waals surface area contributed by atoms with Gasteiger partial charge in [0.1, 0.15) is 0 Å². The van der Waals surface area contributed by atoms with E-state index in [0.29, 0.717) is 19.0 Å². The van der Waals surface area contributed by atoms with Crippen LogP contribution in [-0.4, -0.2) is 36.0 Å². The van der Waals surface area contributed by atoms with Crippen LogP contribution in [0.5, 0.6) is 0 Å². The van der Waals surface area contributed by atoms with E-state index in [1.807, 2.05) is 17.9 Å². The Morgan fingerprint density at radius 3 is 2.79 bits per heavy atom. The maximum atomic E-state index is 12.2. The minimum atomic E-state index is -0.166. The molecule has 1 aromatic carbocycles. The largest absolute Gasteiger partial charge is 0.339 e. The van der Waals surface area contributed by atoms with Crippen molar-refractivity contribution in [3.05, 3.63) is 34.9 Å². The van der Waals surface area contributed by atoms with Gasteiger partial charge in [0.05, 0.1) is 6.04 Å². The molecule has 1 heterocycles. The van der Waals surface area contributed by atoms with Gasteiger partial charge in [0.15, 0.2) is 0 Å². The van der Waals surface area contributed by atoms with E-state index in [0.717, 1.165) is 24.9 Å². The van der Waals surface area contributed by atoms with Crippen molar-refractivity contribution in [2.24, 2.45) is 5.92 Å². The van der Waals surface area contributed by atoms with Crippen LogP contribution in [0.3, 0.4) is 0 Å². The second-order valence-corrected chi connectivity index (χ2v) is 7.21. The third kappa shape index (κ3) is 3.71. The fourth-order valence-electron chi connectivity index (χ4n) is 3.49. The molecular weight excluding hydrogens is 302 g/mol. The summed E-state index contributed by atoms with van der Waals surface area (Å²) in [5.41, 5.74) is 3.58. The average Bonchev–Trinajstić information content (AvgIpc) is 3.31. The van der Waals surface area contributed by atoms with Crippen LogP contribution in [0, 0.1) is 19.8 Å². The first-order chi connectivity index (χ1) is 11.5. The fourth-order valence-corrected chi connectivity index (χ4v) is 3.49. The van der Waals surface area contributed by atoms with Gasteiger partial charge in [-0.25, -0.2) is 4.79 Å². The molecule has 3 rings (SSSR count). The molecule has 1 aromatic rings. The number of likely N-dealkylation sites (tertiary alicyclic amines) is 1. The highest BCUT2D eigenvalue weighted by Crippen LogP contribution is 2.32. The highest BCUT2D eigenvalue weighted by Gasteiger charge is 2.39. The molecule has 130 valence electrons. The van der Waals surface area contributed by atoms with Gasteiger partial charge in [0, 0.05) is 31.5 Å². The van der Waals surface area contributed by atoms with Gasteiger partial charge in [-0.1, -0.05) is 18.2 Å². The van der Waals surface area contributed by atoms with Crippen LogP contribution in [-0.2, 0) is 4.79 Å². The zero-order valence-electron chi connectivity index (χ0n) is 14.8. The van der Waals surface area contributed by atoms with Crippen molar-refractivity contribution >= 4 is 11.9 Å². The summed E-state index contributed by atoms with van der Waals surface area (Å²) in [7, 11) is 0. The predicted molar refractivity (Wildman–Crippen MR) is 93.7 cm³/mol. The van der Waals surface area contributed by atoms with E-state index in [1.54, 1.807) is 0 Å². The summed E-state index contributed by atoms with van der Waals surface area (Å²) in [5, 5.41) is 5.93. The molecule has 1 aliphatic heterocycles. The number of benzene rings is 1. The zero-order chi connectivity index (χ0) is 17.3. The second-order valence-electron chi connectivity index (χ2n) is 7.21. The van der Waals surface area contributed by atoms with Crippen LogP contribution in [0.15, 0.2) is 18.2 Å². The van der Waals surface area contributed by atoms with Crippen LogP contribution in [0.1, 0.15) is 48.9 Å². The van der Waals surface area contributed by atoms with Gasteiger partial charge in [0.25, 0.3) is 0 Å². The number of urea groups is 1. The van der Waals surface area contributed by atoms with Crippen molar-refractivity contribution in [2.75, 3.05) is 13.1 Å². The second kappa shape index (κ2) is 6.83. The molecule has 5 nitrogen and oxygen atoms in total. The lowest BCUT2D eigenvalue weighted by molar-refractivity contribution is -0.128. The molecule has 2 fully saturated rings. The number of nitrogens with zero attached hydrogens (tertiary/aromatic N) is 1. The van der Waals surface area contributed by atoms with Crippen LogP contribution >= 0.6 is 0 Å². The average molecular weight is 329 g/mol. The molecule has 3 amide bonds. The quantitative estimate of drug-likeness (QED) is 0.872. The Labute approximate surface area is 143 Å². The smallest absolute Gasteiger partial charge is 0.315 e. The number of nitrogens with one attached hydrogen (secondary N) is 2. The zero-order valence-corrected chi connectivity index (χ0v) is 14.8. The summed E-state index contributed by atoms with van der Waals surface area (Å²) < 4.78 is 0. The SMILES string of the molecule is Cc1cccc([C@H](C)NC(=O)NC[C@H]2CC(=O)N(C3CC3)C2)c1C. The van der Waals surface area contributed by atoms with E-state index in [-0.39, 0.29) is 23.9 Å². The third-order valence-electron chi connectivity index (χ3n) is 5.24. The molecule has 0 radical (unpaired) electrons. The molecule has 1 saturated heterocycles. The monoisotopic (exact) mass is 329 g/mol. The Morgan fingerprint density at radius 1 is 1.33 bits per heavy atom. The molecule has 0 spiro atoms. The number of carbonyl (C=O) groups is 2. The van der Waals surface area contributed by atoms with Gasteiger partial charge < -0.3 is 15.5 Å². The molecule has 1 saturated carbocycles. The highest BCUT2D eigenvalue weighted by atomic mass is 16.2. The summed E-state index contributed by atoms with van der Waals surface area (Å²) in [5.74, 6) is 0.480. The minimum Gasteiger partial charge on any atom is -0.339 e. The Kier molecular flexibility index (Phi) is 4.78. The number of hydrogen-bond acceptors (Lipinski definition) is 2. The fraction of sp³-hybridized carbons (Fsp3) is 0.579. The molecule has 2 atom stereocenters. The summed E-state index contributed by atoms with van der Waals surface area (Å²) in [4.78, 5) is 26.1. The summed E-state index contributed by atoms with van der Waals surface area (Å²) in [6.45, 7) is 7.50. The van der Waals surface area contributed by atoms with E-state index < -0.39 is 0 Å². The van der Waals surface area contributed by atoms with E-state index in [9.17, 15) is 9.59 Å². The predicted octanol–water partition coefficient (Wildman–Crippen LogP) is 2.67. The molecule has 1 aliphatic carbocycles. The number of amides is 3. The summed E-state index contributed by atoms with van der Waals surface area (Å²) in [6.07, 6.45) is 2.84. The van der Waals surface area contributed by atoms with Crippen molar-refractivity contribution in [1.29, 1.82) is 0 Å². The standard InChI is InChI=1S/C19H27N3O2/c1-12-5-4-6-17(13(12)2)14(3)21-19(24)20-10-15-9-18(23)22(11-15)16-7-8-16/h4-6,14-16H,7-11H2,1-3H3,(H2,20,21,24)/t14-,15+/m0/s1. The summed E-state index contributed by atoms with van der Waals surface area (Å²) in [6, 6.07) is 6.41. The van der Waals surface area contributed by atoms with Gasteiger partial charge in [-0.3, -0.25) is 4.79 Å². The van der Waals surface area contributed by atoms with Crippen molar-refractivity contribution < 1.29 is 9.59 Å². The normalized spacial score (nSPS) is 21.7. The van der Waals surface area contributed by atoms with Gasteiger partial charge >= 0.3 is 6.03 Å². The molecule has 0 unspecified atom stereocenters. The summed E-state index contributed by atoms with van der Waals surface area (Å²) >= 11 is 0. The molecule has 2 N–H and O–H groups in total. The lowest BCUT2D eigenvalue weighted by atomic mass is 9.98. The van der Waals surface area contributed by atoms with E-state index >= 15 is 0 Å². The van der Waals surface area contributed by atoms with Crippen molar-refractivity contribution in [1.82, 2.24) is 15.5 Å². The van der Waals surface area contributed by atoms with Crippen LogP contribution in [0.2, 0.25) is 0 Å². The molecule has 24 heavy (non-hydrogen) atoms. The lowest BCUT2D eigenvalue weighted by Gasteiger charge is -2.19.